The average Bonchev–Trinajstić information content (AvgIpc) is 3.21. The van der Waals surface area contributed by atoms with Gasteiger partial charge in [-0.15, -0.1) is 0 Å². The highest BCUT2D eigenvalue weighted by atomic mass is 35.5. The van der Waals surface area contributed by atoms with Crippen molar-refractivity contribution in [2.24, 2.45) is 5.41 Å². The summed E-state index contributed by atoms with van der Waals surface area (Å²) in [6.45, 7) is 1.72. The first-order valence-electron chi connectivity index (χ1n) is 8.96. The zero-order chi connectivity index (χ0) is 19.5. The Morgan fingerprint density at radius 3 is 2.79 bits per heavy atom. The lowest BCUT2D eigenvalue weighted by Crippen LogP contribution is -2.66. The van der Waals surface area contributed by atoms with Gasteiger partial charge < -0.3 is 19.1 Å². The zero-order valence-corrected chi connectivity index (χ0v) is 16.7. The highest BCUT2D eigenvalue weighted by molar-refractivity contribution is 7.84. The van der Waals surface area contributed by atoms with Crippen molar-refractivity contribution in [2.45, 2.75) is 24.0 Å². The minimum Gasteiger partial charge on any atom is -0.442 e. The molecule has 7 nitrogen and oxygen atoms in total. The van der Waals surface area contributed by atoms with Gasteiger partial charge in [0.05, 0.1) is 10.8 Å². The van der Waals surface area contributed by atoms with E-state index < -0.39 is 10.8 Å². The maximum absolute atomic E-state index is 12.3. The lowest BCUT2D eigenvalue weighted by Gasteiger charge is -2.58. The van der Waals surface area contributed by atoms with Crippen molar-refractivity contribution >= 4 is 45.4 Å². The topological polar surface area (TPSA) is 88.6 Å². The number of amides is 1. The molecular weight excluding hydrogens is 402 g/mol. The standard InChI is InChI=1S/C19H18ClN3O4S/c1-28(25)16-5-4-15(26-16)17(24)21-12-7-19(8-12)9-23(10-19)18-22-13-6-11(20)2-3-14(13)27-18/h2-6,12H,7-10H2,1H3,(H,21,24). The van der Waals surface area contributed by atoms with Crippen LogP contribution in [0, 0.1) is 5.41 Å². The monoisotopic (exact) mass is 419 g/mol. The molecule has 0 bridgehead atoms. The SMILES string of the molecule is CS(=O)c1ccc(C(=O)NC2CC3(C2)CN(c2nc4cc(Cl)ccc4o2)C3)o1. The predicted molar refractivity (Wildman–Crippen MR) is 105 cm³/mol. The normalized spacial score (nSPS) is 19.4. The van der Waals surface area contributed by atoms with Crippen molar-refractivity contribution in [2.75, 3.05) is 24.2 Å². The Labute approximate surface area is 168 Å². The van der Waals surface area contributed by atoms with Crippen LogP contribution in [0.25, 0.3) is 11.1 Å². The van der Waals surface area contributed by atoms with Gasteiger partial charge in [0.1, 0.15) is 5.52 Å². The van der Waals surface area contributed by atoms with Gasteiger partial charge in [0, 0.05) is 35.8 Å². The van der Waals surface area contributed by atoms with Crippen molar-refractivity contribution in [3.8, 4) is 0 Å². The first-order chi connectivity index (χ1) is 13.4. The van der Waals surface area contributed by atoms with Gasteiger partial charge in [0.25, 0.3) is 11.9 Å². The number of nitrogens with one attached hydrogen (secondary N) is 1. The molecule has 1 aliphatic heterocycles. The average molecular weight is 420 g/mol. The third-order valence-electron chi connectivity index (χ3n) is 5.44. The van der Waals surface area contributed by atoms with E-state index in [-0.39, 0.29) is 23.1 Å². The largest absolute Gasteiger partial charge is 0.442 e. The summed E-state index contributed by atoms with van der Waals surface area (Å²) >= 11 is 6.00. The van der Waals surface area contributed by atoms with E-state index in [9.17, 15) is 9.00 Å². The summed E-state index contributed by atoms with van der Waals surface area (Å²) in [5.41, 5.74) is 1.69. The lowest BCUT2D eigenvalue weighted by atomic mass is 9.61. The smallest absolute Gasteiger partial charge is 0.298 e. The molecule has 1 atom stereocenters. The number of nitrogens with zero attached hydrogens (tertiary/aromatic N) is 2. The number of aromatic nitrogens is 1. The minimum absolute atomic E-state index is 0.123. The minimum atomic E-state index is -1.23. The van der Waals surface area contributed by atoms with E-state index in [0.717, 1.165) is 37.0 Å². The second kappa shape index (κ2) is 6.35. The van der Waals surface area contributed by atoms with Crippen LogP contribution in [0.4, 0.5) is 6.01 Å². The summed E-state index contributed by atoms with van der Waals surface area (Å²) < 4.78 is 22.5. The molecule has 2 aliphatic rings. The van der Waals surface area contributed by atoms with Crippen LogP contribution in [0.5, 0.6) is 0 Å². The maximum atomic E-state index is 12.3. The molecule has 2 fully saturated rings. The Morgan fingerprint density at radius 1 is 1.29 bits per heavy atom. The van der Waals surface area contributed by atoms with Crippen LogP contribution in [-0.4, -0.2) is 40.5 Å². The Morgan fingerprint density at radius 2 is 2.07 bits per heavy atom. The van der Waals surface area contributed by atoms with Gasteiger partial charge in [-0.2, -0.15) is 4.98 Å². The zero-order valence-electron chi connectivity index (χ0n) is 15.1. The number of hydrogen-bond donors (Lipinski definition) is 1. The van der Waals surface area contributed by atoms with Crippen LogP contribution < -0.4 is 10.2 Å². The fourth-order valence-corrected chi connectivity index (χ4v) is 4.75. The fraction of sp³-hybridized carbons (Fsp3) is 0.368. The van der Waals surface area contributed by atoms with E-state index in [2.05, 4.69) is 15.2 Å². The van der Waals surface area contributed by atoms with E-state index in [4.69, 9.17) is 20.4 Å². The Hall–Kier alpha value is -2.32. The molecule has 1 saturated heterocycles. The van der Waals surface area contributed by atoms with Gasteiger partial charge in [-0.3, -0.25) is 9.00 Å². The van der Waals surface area contributed by atoms with E-state index in [1.807, 2.05) is 6.07 Å². The number of rotatable bonds is 4. The van der Waals surface area contributed by atoms with Crippen LogP contribution in [0.3, 0.4) is 0 Å². The van der Waals surface area contributed by atoms with Crippen LogP contribution in [0.1, 0.15) is 23.4 Å². The number of carbonyl (C=O) groups excluding carboxylic acids is 1. The highest BCUT2D eigenvalue weighted by Crippen LogP contribution is 2.49. The molecule has 1 spiro atoms. The first kappa shape index (κ1) is 17.8. The molecule has 146 valence electrons. The van der Waals surface area contributed by atoms with Crippen molar-refractivity contribution in [3.63, 3.8) is 0 Å². The van der Waals surface area contributed by atoms with Crippen molar-refractivity contribution < 1.29 is 17.8 Å². The molecule has 3 heterocycles. The third kappa shape index (κ3) is 3.00. The van der Waals surface area contributed by atoms with E-state index in [1.54, 1.807) is 24.3 Å². The molecule has 1 amide bonds. The maximum Gasteiger partial charge on any atom is 0.298 e. The molecule has 0 radical (unpaired) electrons. The van der Waals surface area contributed by atoms with Crippen LogP contribution in [0.2, 0.25) is 5.02 Å². The summed E-state index contributed by atoms with van der Waals surface area (Å²) in [6.07, 6.45) is 3.34. The molecule has 2 aromatic heterocycles. The van der Waals surface area contributed by atoms with Gasteiger partial charge in [-0.1, -0.05) is 11.6 Å². The Kier molecular flexibility index (Phi) is 4.03. The van der Waals surface area contributed by atoms with E-state index in [1.165, 1.54) is 6.26 Å². The molecule has 1 aromatic carbocycles. The van der Waals surface area contributed by atoms with Gasteiger partial charge in [0.15, 0.2) is 16.4 Å². The number of anilines is 1. The van der Waals surface area contributed by atoms with E-state index in [0.29, 0.717) is 16.1 Å². The summed E-state index contributed by atoms with van der Waals surface area (Å²) in [5.74, 6) is -0.0601. The molecule has 1 unspecified atom stereocenters. The highest BCUT2D eigenvalue weighted by Gasteiger charge is 2.54. The molecule has 1 aliphatic carbocycles. The molecule has 1 N–H and O–H groups in total. The van der Waals surface area contributed by atoms with Crippen LogP contribution in [-0.2, 0) is 10.8 Å². The summed E-state index contributed by atoms with van der Waals surface area (Å²) in [4.78, 5) is 18.9. The molecular formula is C19H18ClN3O4S. The number of fused-ring (bicyclic) bond motifs is 1. The van der Waals surface area contributed by atoms with Gasteiger partial charge in [0.2, 0.25) is 0 Å². The molecule has 1 saturated carbocycles. The molecule has 5 rings (SSSR count). The first-order valence-corrected chi connectivity index (χ1v) is 10.9. The van der Waals surface area contributed by atoms with Gasteiger partial charge in [-0.25, -0.2) is 0 Å². The fourth-order valence-electron chi connectivity index (χ4n) is 4.12. The van der Waals surface area contributed by atoms with Crippen molar-refractivity contribution in [3.05, 3.63) is 41.1 Å². The Balaban J connectivity index is 1.16. The number of benzene rings is 1. The number of furan rings is 1. The number of halogens is 1. The summed E-state index contributed by atoms with van der Waals surface area (Å²) in [7, 11) is -1.23. The number of carbonyl (C=O) groups is 1. The van der Waals surface area contributed by atoms with Crippen molar-refractivity contribution in [1.82, 2.24) is 10.3 Å². The summed E-state index contributed by atoms with van der Waals surface area (Å²) in [5, 5.41) is 3.93. The quantitative estimate of drug-likeness (QED) is 0.698. The second-order valence-electron chi connectivity index (χ2n) is 7.62. The number of oxazole rings is 1. The molecule has 9 heteroatoms. The molecule has 3 aromatic rings. The summed E-state index contributed by atoms with van der Waals surface area (Å²) in [6, 6.07) is 9.28. The van der Waals surface area contributed by atoms with Gasteiger partial charge in [-0.05, 0) is 43.2 Å². The third-order valence-corrected chi connectivity index (χ3v) is 6.47. The Bertz CT molecular complexity index is 1090. The number of hydrogen-bond acceptors (Lipinski definition) is 6. The lowest BCUT2D eigenvalue weighted by molar-refractivity contribution is 0.0403. The van der Waals surface area contributed by atoms with Crippen molar-refractivity contribution in [1.29, 1.82) is 0 Å². The van der Waals surface area contributed by atoms with Crippen LogP contribution in [0.15, 0.2) is 44.3 Å². The second-order valence-corrected chi connectivity index (χ2v) is 9.36. The predicted octanol–water partition coefficient (Wildman–Crippen LogP) is 3.21. The van der Waals surface area contributed by atoms with E-state index >= 15 is 0 Å². The van der Waals surface area contributed by atoms with Crippen LogP contribution >= 0.6 is 11.6 Å². The van der Waals surface area contributed by atoms with Gasteiger partial charge >= 0.3 is 0 Å². The molecule has 28 heavy (non-hydrogen) atoms.